The van der Waals surface area contributed by atoms with E-state index in [0.717, 1.165) is 13.8 Å². The number of aliphatic hydroxyl groups excluding tert-OH is 15. The van der Waals surface area contributed by atoms with Crippen LogP contribution in [0.4, 0.5) is 0 Å². The average molecular weight is 911 g/mol. The molecule has 0 aromatic heterocycles. The minimum absolute atomic E-state index is 0.704. The van der Waals surface area contributed by atoms with Crippen molar-refractivity contribution in [2.45, 2.75) is 167 Å². The van der Waals surface area contributed by atoms with E-state index in [1.54, 1.807) is 0 Å². The molecule has 5 aliphatic rings. The largest absolute Gasteiger partial charge is 0.394 e. The van der Waals surface area contributed by atoms with Crippen LogP contribution in [-0.4, -0.2) is 275 Å². The molecule has 5 heterocycles. The number of nitrogens with one attached hydrogen (secondary N) is 2. The van der Waals surface area contributed by atoms with Crippen LogP contribution in [0.2, 0.25) is 0 Å². The Labute approximate surface area is 351 Å². The van der Waals surface area contributed by atoms with Crippen LogP contribution in [0.25, 0.3) is 0 Å². The fourth-order valence-corrected chi connectivity index (χ4v) is 7.84. The van der Waals surface area contributed by atoms with Gasteiger partial charge in [-0.2, -0.15) is 0 Å². The first-order valence-corrected chi connectivity index (χ1v) is 19.6. The highest BCUT2D eigenvalue weighted by Crippen LogP contribution is 2.35. The van der Waals surface area contributed by atoms with Crippen molar-refractivity contribution in [3.8, 4) is 0 Å². The van der Waals surface area contributed by atoms with Gasteiger partial charge in [0.2, 0.25) is 11.8 Å². The summed E-state index contributed by atoms with van der Waals surface area (Å²) in [6.07, 6.45) is -41.9. The number of aliphatic hydroxyl groups is 15. The Kier molecular flexibility index (Phi) is 18.1. The molecule has 0 radical (unpaired) electrons. The minimum Gasteiger partial charge on any atom is -0.394 e. The molecular weight excluding hydrogens is 852 g/mol. The van der Waals surface area contributed by atoms with Crippen LogP contribution in [0.5, 0.6) is 0 Å². The van der Waals surface area contributed by atoms with Crippen molar-refractivity contribution >= 4 is 11.8 Å². The summed E-state index contributed by atoms with van der Waals surface area (Å²) in [5.74, 6) is -1.52. The Bertz CT molecular complexity index is 1440. The van der Waals surface area contributed by atoms with Crippen LogP contribution in [0.3, 0.4) is 0 Å². The van der Waals surface area contributed by atoms with Crippen molar-refractivity contribution in [3.05, 3.63) is 0 Å². The van der Waals surface area contributed by atoms with Crippen molar-refractivity contribution in [3.63, 3.8) is 0 Å². The van der Waals surface area contributed by atoms with E-state index in [9.17, 15) is 86.2 Å². The third-order valence-electron chi connectivity index (χ3n) is 11.1. The third-order valence-corrected chi connectivity index (χ3v) is 11.1. The van der Waals surface area contributed by atoms with E-state index in [2.05, 4.69) is 10.6 Å². The SMILES string of the molecule is CC(=O)N[C@H]1[C@H](O[C@H]2[C@@H](O)[C@@H](CO)O[C@@H](O[C@H]3[C@H](O)[C@@H](O)[C@H](O)O[C@@H]3CO)[C@@H]2O)O[C@H](CO)[C@@H](O[C@@H]2O[C@H](CO)[C@H](O[C@H]3O[C@H](CO)[C@@H](O)[C@H](O)[C@H]3NC(C)=O)[C@H](O)[C@H]2O)[C@@H]1O. The summed E-state index contributed by atoms with van der Waals surface area (Å²) in [7, 11) is 0. The van der Waals surface area contributed by atoms with Crippen LogP contribution in [0, 0.1) is 0 Å². The van der Waals surface area contributed by atoms with Crippen LogP contribution in [0.15, 0.2) is 0 Å². The second-order valence-electron chi connectivity index (χ2n) is 15.4. The summed E-state index contributed by atoms with van der Waals surface area (Å²) >= 11 is 0. The Morgan fingerprint density at radius 1 is 0.387 bits per heavy atom. The molecule has 5 aliphatic heterocycles. The fourth-order valence-electron chi connectivity index (χ4n) is 7.84. The summed E-state index contributed by atoms with van der Waals surface area (Å²) in [4.78, 5) is 24.3. The van der Waals surface area contributed by atoms with Crippen molar-refractivity contribution in [1.82, 2.24) is 10.6 Å². The van der Waals surface area contributed by atoms with E-state index < -0.39 is 198 Å². The summed E-state index contributed by atoms with van der Waals surface area (Å²) in [6, 6.07) is -3.22. The average Bonchev–Trinajstić information content (AvgIpc) is 3.23. The zero-order valence-corrected chi connectivity index (χ0v) is 33.2. The Balaban J connectivity index is 1.33. The molecule has 0 aromatic carbocycles. The summed E-state index contributed by atoms with van der Waals surface area (Å²) < 4.78 is 50.6. The van der Waals surface area contributed by atoms with Gasteiger partial charge in [-0.25, -0.2) is 0 Å². The lowest BCUT2D eigenvalue weighted by Gasteiger charge is -2.50. The maximum absolute atomic E-state index is 12.4. The van der Waals surface area contributed by atoms with E-state index in [0.29, 0.717) is 0 Å². The summed E-state index contributed by atoms with van der Waals surface area (Å²) in [6.45, 7) is -2.48. The van der Waals surface area contributed by atoms with E-state index >= 15 is 0 Å². The van der Waals surface area contributed by atoms with Gasteiger partial charge in [0, 0.05) is 13.8 Å². The predicted octanol–water partition coefficient (Wildman–Crippen LogP) is -11.6. The molecule has 0 unspecified atom stereocenters. The normalized spacial score (nSPS) is 49.0. The molecule has 17 N–H and O–H groups in total. The fraction of sp³-hybridized carbons (Fsp3) is 0.941. The molecular formula is C34H58N2O26. The molecule has 62 heavy (non-hydrogen) atoms. The summed E-state index contributed by atoms with van der Waals surface area (Å²) in [5, 5.41) is 163. The Morgan fingerprint density at radius 2 is 0.742 bits per heavy atom. The molecule has 5 fully saturated rings. The van der Waals surface area contributed by atoms with Crippen LogP contribution >= 0.6 is 0 Å². The molecule has 360 valence electrons. The van der Waals surface area contributed by atoms with Gasteiger partial charge in [0.1, 0.15) is 122 Å². The van der Waals surface area contributed by atoms with Crippen molar-refractivity contribution in [1.29, 1.82) is 0 Å². The van der Waals surface area contributed by atoms with Gasteiger partial charge in [0.05, 0.1) is 33.0 Å². The van der Waals surface area contributed by atoms with Crippen LogP contribution in [-0.2, 0) is 52.2 Å². The summed E-state index contributed by atoms with van der Waals surface area (Å²) in [5.41, 5.74) is 0. The second kappa shape index (κ2) is 22.0. The molecule has 28 nitrogen and oxygen atoms in total. The first-order chi connectivity index (χ1) is 29.3. The predicted molar refractivity (Wildman–Crippen MR) is 190 cm³/mol. The Morgan fingerprint density at radius 3 is 1.24 bits per heavy atom. The first kappa shape index (κ1) is 51.0. The van der Waals surface area contributed by atoms with E-state index in [1.165, 1.54) is 0 Å². The van der Waals surface area contributed by atoms with Crippen molar-refractivity contribution in [2.75, 3.05) is 33.0 Å². The maximum atomic E-state index is 12.4. The van der Waals surface area contributed by atoms with Crippen molar-refractivity contribution in [2.24, 2.45) is 0 Å². The highest BCUT2D eigenvalue weighted by atomic mass is 16.8. The van der Waals surface area contributed by atoms with Gasteiger partial charge in [-0.15, -0.1) is 0 Å². The zero-order chi connectivity index (χ0) is 45.9. The first-order valence-electron chi connectivity index (χ1n) is 19.6. The number of amides is 2. The third kappa shape index (κ3) is 10.8. The molecule has 28 heteroatoms. The highest BCUT2D eigenvalue weighted by molar-refractivity contribution is 5.73. The number of hydrogen-bond acceptors (Lipinski definition) is 26. The molecule has 2 amide bonds. The lowest BCUT2D eigenvalue weighted by molar-refractivity contribution is -0.384. The van der Waals surface area contributed by atoms with Crippen molar-refractivity contribution < 1.29 is 129 Å². The van der Waals surface area contributed by atoms with Gasteiger partial charge in [-0.3, -0.25) is 9.59 Å². The lowest BCUT2D eigenvalue weighted by Crippen LogP contribution is -2.70. The molecule has 0 bridgehead atoms. The molecule has 0 saturated carbocycles. The second-order valence-corrected chi connectivity index (χ2v) is 15.4. The van der Waals surface area contributed by atoms with Gasteiger partial charge < -0.3 is 130 Å². The van der Waals surface area contributed by atoms with Crippen LogP contribution in [0.1, 0.15) is 13.8 Å². The standard InChI is InChI=1S/C34H58N2O26/c1-8(42)35-15-19(46)17(44)10(3-37)55-31(15)59-28-14(7-41)58-33(24(51)22(28)49)60-26-13(6-40)57-32(16(20(26)47)36-9(2)43)62-29-18(45)11(4-38)56-34(25(29)52)61-27-12(5-39)54-30(53)23(50)21(27)48/h10-34,37-41,44-53H,3-7H2,1-2H3,(H,35,42)(H,36,43)/t10-,11-,12-,13-,14-,15-,16-,17-,18+,19-,20-,21-,22-,23-,24-,25-,26-,27-,28+,29+,30-,31-,32+,33+,34+/m1/s1. The van der Waals surface area contributed by atoms with Gasteiger partial charge in [-0.1, -0.05) is 0 Å². The monoisotopic (exact) mass is 910 g/mol. The minimum atomic E-state index is -2.11. The van der Waals surface area contributed by atoms with Gasteiger partial charge in [0.25, 0.3) is 0 Å². The number of carbonyl (C=O) groups is 2. The smallest absolute Gasteiger partial charge is 0.217 e. The van der Waals surface area contributed by atoms with Crippen LogP contribution < -0.4 is 10.6 Å². The van der Waals surface area contributed by atoms with E-state index in [4.69, 9.17) is 42.6 Å². The maximum Gasteiger partial charge on any atom is 0.217 e. The topological polar surface area (TPSA) is 445 Å². The number of rotatable bonds is 15. The number of carbonyl (C=O) groups excluding carboxylic acids is 2. The quantitative estimate of drug-likeness (QED) is 0.0725. The number of ether oxygens (including phenoxy) is 9. The Hall–Kier alpha value is -2.02. The zero-order valence-electron chi connectivity index (χ0n) is 33.2. The highest BCUT2D eigenvalue weighted by Gasteiger charge is 2.57. The number of hydrogen-bond donors (Lipinski definition) is 17. The molecule has 0 aliphatic carbocycles. The van der Waals surface area contributed by atoms with Gasteiger partial charge in [-0.05, 0) is 0 Å². The van der Waals surface area contributed by atoms with Gasteiger partial charge >= 0.3 is 0 Å². The molecule has 0 aromatic rings. The van der Waals surface area contributed by atoms with E-state index in [-0.39, 0.29) is 0 Å². The molecule has 5 rings (SSSR count). The lowest BCUT2D eigenvalue weighted by atomic mass is 9.94. The van der Waals surface area contributed by atoms with Gasteiger partial charge in [0.15, 0.2) is 31.5 Å². The van der Waals surface area contributed by atoms with E-state index in [1.807, 2.05) is 0 Å². The molecule has 0 spiro atoms. The molecule has 25 atom stereocenters. The molecule has 5 saturated heterocycles.